The van der Waals surface area contributed by atoms with Crippen LogP contribution in [0.25, 0.3) is 11.1 Å². The average Bonchev–Trinajstić information content (AvgIpc) is 3.18. The summed E-state index contributed by atoms with van der Waals surface area (Å²) in [4.78, 5) is 6.87. The van der Waals surface area contributed by atoms with Crippen LogP contribution in [0.1, 0.15) is 12.8 Å². The summed E-state index contributed by atoms with van der Waals surface area (Å²) in [6, 6.07) is 16.5. The Kier molecular flexibility index (Phi) is 4.79. The topological polar surface area (TPSA) is 59.8 Å². The van der Waals surface area contributed by atoms with Gasteiger partial charge in [-0.05, 0) is 49.6 Å². The first-order valence-corrected chi connectivity index (χ1v) is 10.0. The zero-order valence-electron chi connectivity index (χ0n) is 15.8. The zero-order valence-corrected chi connectivity index (χ0v) is 15.8. The van der Waals surface area contributed by atoms with Crippen LogP contribution in [0, 0.1) is 5.92 Å². The maximum absolute atomic E-state index is 6.01. The molecule has 0 aliphatic carbocycles. The van der Waals surface area contributed by atoms with Gasteiger partial charge in [0.25, 0.3) is 6.01 Å². The number of hydrogen-bond acceptors (Lipinski definition) is 6. The van der Waals surface area contributed by atoms with Gasteiger partial charge in [0.15, 0.2) is 17.1 Å². The minimum atomic E-state index is 0.0646. The summed E-state index contributed by atoms with van der Waals surface area (Å²) < 4.78 is 17.7. The minimum absolute atomic E-state index is 0.0646. The Balaban J connectivity index is 1.07. The van der Waals surface area contributed by atoms with E-state index in [1.54, 1.807) is 0 Å². The summed E-state index contributed by atoms with van der Waals surface area (Å²) in [5, 5.41) is 3.57. The number of para-hydroxylation sites is 4. The molecule has 0 spiro atoms. The van der Waals surface area contributed by atoms with Crippen molar-refractivity contribution < 1.29 is 13.9 Å². The molecular weight excluding hydrogens is 354 g/mol. The van der Waals surface area contributed by atoms with Crippen molar-refractivity contribution in [2.75, 3.05) is 37.7 Å². The molecule has 1 N–H and O–H groups in total. The highest BCUT2D eigenvalue weighted by atomic mass is 16.6. The Hall–Kier alpha value is -2.73. The Morgan fingerprint density at radius 1 is 0.964 bits per heavy atom. The lowest BCUT2D eigenvalue weighted by Crippen LogP contribution is -2.42. The molecule has 2 aromatic carbocycles. The van der Waals surface area contributed by atoms with E-state index in [1.807, 2.05) is 48.5 Å². The van der Waals surface area contributed by atoms with Crippen LogP contribution >= 0.6 is 0 Å². The number of rotatable bonds is 5. The molecule has 6 heteroatoms. The van der Waals surface area contributed by atoms with Gasteiger partial charge < -0.3 is 24.1 Å². The predicted octanol–water partition coefficient (Wildman–Crippen LogP) is 3.47. The van der Waals surface area contributed by atoms with Crippen LogP contribution in [-0.2, 0) is 0 Å². The van der Waals surface area contributed by atoms with Crippen molar-refractivity contribution in [2.24, 2.45) is 5.92 Å². The lowest BCUT2D eigenvalue weighted by atomic mass is 9.97. The number of aromatic nitrogens is 1. The van der Waals surface area contributed by atoms with Gasteiger partial charge in [0, 0.05) is 19.6 Å². The van der Waals surface area contributed by atoms with E-state index in [0.717, 1.165) is 67.6 Å². The van der Waals surface area contributed by atoms with Crippen LogP contribution in [0.3, 0.4) is 0 Å². The van der Waals surface area contributed by atoms with Gasteiger partial charge in [0.05, 0.1) is 0 Å². The Bertz CT molecular complexity index is 900. The highest BCUT2D eigenvalue weighted by Crippen LogP contribution is 2.31. The fourth-order valence-corrected chi connectivity index (χ4v) is 3.94. The van der Waals surface area contributed by atoms with Gasteiger partial charge in [-0.2, -0.15) is 4.98 Å². The third-order valence-corrected chi connectivity index (χ3v) is 5.54. The smallest absolute Gasteiger partial charge is 0.298 e. The van der Waals surface area contributed by atoms with E-state index in [9.17, 15) is 0 Å². The van der Waals surface area contributed by atoms with Gasteiger partial charge in [-0.15, -0.1) is 0 Å². The largest absolute Gasteiger partial charge is 0.486 e. The van der Waals surface area contributed by atoms with Crippen LogP contribution < -0.4 is 19.7 Å². The maximum atomic E-state index is 6.01. The predicted molar refractivity (Wildman–Crippen MR) is 108 cm³/mol. The SMILES string of the molecule is c1ccc2c(c1)OCC(CNCC1CCN(c3nc4ccccc4o3)CC1)O2. The molecule has 0 radical (unpaired) electrons. The molecule has 3 heterocycles. The van der Waals surface area contributed by atoms with Gasteiger partial charge in [0.2, 0.25) is 0 Å². The van der Waals surface area contributed by atoms with Crippen molar-refractivity contribution in [1.82, 2.24) is 10.3 Å². The first kappa shape index (κ1) is 17.4. The molecule has 0 saturated carbocycles. The van der Waals surface area contributed by atoms with Gasteiger partial charge in [-0.3, -0.25) is 0 Å². The van der Waals surface area contributed by atoms with Crippen molar-refractivity contribution in [3.05, 3.63) is 48.5 Å². The Morgan fingerprint density at radius 3 is 2.61 bits per heavy atom. The molecule has 2 aliphatic rings. The molecular formula is C22H25N3O3. The second kappa shape index (κ2) is 7.72. The second-order valence-corrected chi connectivity index (χ2v) is 7.55. The summed E-state index contributed by atoms with van der Waals surface area (Å²) in [5.41, 5.74) is 1.79. The van der Waals surface area contributed by atoms with E-state index in [4.69, 9.17) is 13.9 Å². The number of oxazole rings is 1. The van der Waals surface area contributed by atoms with E-state index in [0.29, 0.717) is 12.5 Å². The second-order valence-electron chi connectivity index (χ2n) is 7.55. The van der Waals surface area contributed by atoms with Crippen LogP contribution in [0.15, 0.2) is 52.9 Å². The zero-order chi connectivity index (χ0) is 18.8. The Labute approximate surface area is 164 Å². The van der Waals surface area contributed by atoms with Gasteiger partial charge in [-0.25, -0.2) is 0 Å². The molecule has 28 heavy (non-hydrogen) atoms. The van der Waals surface area contributed by atoms with Crippen LogP contribution in [0.4, 0.5) is 6.01 Å². The molecule has 1 atom stereocenters. The fraction of sp³-hybridized carbons (Fsp3) is 0.409. The lowest BCUT2D eigenvalue weighted by Gasteiger charge is -2.31. The monoisotopic (exact) mass is 379 g/mol. The summed E-state index contributed by atoms with van der Waals surface area (Å²) in [5.74, 6) is 2.34. The molecule has 5 rings (SSSR count). The first-order valence-electron chi connectivity index (χ1n) is 10.0. The van der Waals surface area contributed by atoms with Gasteiger partial charge in [0.1, 0.15) is 18.2 Å². The van der Waals surface area contributed by atoms with E-state index in [-0.39, 0.29) is 6.10 Å². The number of fused-ring (bicyclic) bond motifs is 2. The highest BCUT2D eigenvalue weighted by Gasteiger charge is 2.24. The quantitative estimate of drug-likeness (QED) is 0.732. The van der Waals surface area contributed by atoms with Crippen molar-refractivity contribution in [1.29, 1.82) is 0 Å². The molecule has 0 bridgehead atoms. The first-order chi connectivity index (χ1) is 13.8. The van der Waals surface area contributed by atoms with Crippen molar-refractivity contribution in [2.45, 2.75) is 18.9 Å². The van der Waals surface area contributed by atoms with E-state index >= 15 is 0 Å². The number of benzene rings is 2. The van der Waals surface area contributed by atoms with Gasteiger partial charge >= 0.3 is 0 Å². The average molecular weight is 379 g/mol. The normalized spacial score (nSPS) is 19.9. The summed E-state index contributed by atoms with van der Waals surface area (Å²) in [7, 11) is 0. The number of nitrogens with zero attached hydrogens (tertiary/aromatic N) is 2. The molecule has 6 nitrogen and oxygen atoms in total. The van der Waals surface area contributed by atoms with E-state index in [1.165, 1.54) is 0 Å². The molecule has 3 aromatic rings. The van der Waals surface area contributed by atoms with Crippen molar-refractivity contribution >= 4 is 17.1 Å². The number of nitrogens with one attached hydrogen (secondary N) is 1. The van der Waals surface area contributed by atoms with Crippen molar-refractivity contribution in [3.8, 4) is 11.5 Å². The molecule has 1 fully saturated rings. The fourth-order valence-electron chi connectivity index (χ4n) is 3.94. The maximum Gasteiger partial charge on any atom is 0.298 e. The van der Waals surface area contributed by atoms with Crippen LogP contribution in [0.2, 0.25) is 0 Å². The third-order valence-electron chi connectivity index (χ3n) is 5.54. The number of hydrogen-bond donors (Lipinski definition) is 1. The molecule has 1 aromatic heterocycles. The number of ether oxygens (including phenoxy) is 2. The summed E-state index contributed by atoms with van der Waals surface area (Å²) in [6.45, 7) is 4.37. The van der Waals surface area contributed by atoms with E-state index in [2.05, 4.69) is 15.2 Å². The minimum Gasteiger partial charge on any atom is -0.486 e. The number of piperidine rings is 1. The van der Waals surface area contributed by atoms with E-state index < -0.39 is 0 Å². The number of anilines is 1. The standard InChI is InChI=1S/C22H25N3O3/c1-2-6-19-18(5-1)24-22(28-19)25-11-9-16(10-12-25)13-23-14-17-15-26-20-7-3-4-8-21(20)27-17/h1-8,16-17,23H,9-15H2. The molecule has 1 saturated heterocycles. The Morgan fingerprint density at radius 2 is 1.75 bits per heavy atom. The molecule has 0 amide bonds. The lowest BCUT2D eigenvalue weighted by molar-refractivity contribution is 0.0894. The molecule has 1 unspecified atom stereocenters. The molecule has 2 aliphatic heterocycles. The highest BCUT2D eigenvalue weighted by molar-refractivity contribution is 5.74. The molecule has 146 valence electrons. The van der Waals surface area contributed by atoms with Crippen LogP contribution in [0.5, 0.6) is 11.5 Å². The third kappa shape index (κ3) is 3.64. The summed E-state index contributed by atoms with van der Waals surface area (Å²) >= 11 is 0. The van der Waals surface area contributed by atoms with Crippen LogP contribution in [-0.4, -0.2) is 43.9 Å². The van der Waals surface area contributed by atoms with Gasteiger partial charge in [-0.1, -0.05) is 24.3 Å². The summed E-state index contributed by atoms with van der Waals surface area (Å²) in [6.07, 6.45) is 2.34. The van der Waals surface area contributed by atoms with Crippen molar-refractivity contribution in [3.63, 3.8) is 0 Å².